The molecule has 2 rings (SSSR count). The van der Waals surface area contributed by atoms with Crippen LogP contribution in [0.1, 0.15) is 19.3 Å². The van der Waals surface area contributed by atoms with Gasteiger partial charge in [-0.3, -0.25) is 0 Å². The maximum atomic E-state index is 12.1. The zero-order valence-corrected chi connectivity index (χ0v) is 13.0. The van der Waals surface area contributed by atoms with Crippen molar-refractivity contribution in [3.05, 3.63) is 24.3 Å². The molecule has 1 heterocycles. The topological polar surface area (TPSA) is 116 Å². The van der Waals surface area contributed by atoms with Gasteiger partial charge in [-0.2, -0.15) is 0 Å². The minimum atomic E-state index is -3.93. The molecule has 118 valence electrons. The van der Waals surface area contributed by atoms with Crippen LogP contribution in [0, 0.1) is 0 Å². The fourth-order valence-electron chi connectivity index (χ4n) is 2.13. The van der Waals surface area contributed by atoms with Crippen molar-refractivity contribution in [1.29, 1.82) is 0 Å². The van der Waals surface area contributed by atoms with Crippen molar-refractivity contribution < 1.29 is 21.6 Å². The van der Waals surface area contributed by atoms with Crippen LogP contribution in [0.25, 0.3) is 0 Å². The zero-order valence-electron chi connectivity index (χ0n) is 11.4. The summed E-state index contributed by atoms with van der Waals surface area (Å²) in [5, 5.41) is 4.99. The van der Waals surface area contributed by atoms with Crippen LogP contribution in [0.3, 0.4) is 0 Å². The Morgan fingerprint density at radius 1 is 1.24 bits per heavy atom. The molecule has 1 atom stereocenters. The van der Waals surface area contributed by atoms with Gasteiger partial charge in [-0.05, 0) is 37.5 Å². The van der Waals surface area contributed by atoms with Crippen LogP contribution in [0.15, 0.2) is 34.1 Å². The molecule has 0 radical (unpaired) electrons. The standard InChI is InChI=1S/C12H18N2O5S2/c13-20(15,16)11-4-1-5-12(9-11)21(17,18)14-7-6-10-3-2-8-19-10/h1,4-5,9-10,14H,2-3,6-8H2,(H2,13,15,16). The maximum absolute atomic E-state index is 12.1. The van der Waals surface area contributed by atoms with Crippen LogP contribution in [-0.2, 0) is 24.8 Å². The molecule has 0 aliphatic carbocycles. The summed E-state index contributed by atoms with van der Waals surface area (Å²) in [5.41, 5.74) is 0. The summed E-state index contributed by atoms with van der Waals surface area (Å²) in [6, 6.07) is 4.96. The molecule has 1 unspecified atom stereocenters. The molecule has 1 aromatic rings. The van der Waals surface area contributed by atoms with E-state index in [9.17, 15) is 16.8 Å². The van der Waals surface area contributed by atoms with Gasteiger partial charge in [0.05, 0.1) is 15.9 Å². The number of hydrogen-bond acceptors (Lipinski definition) is 5. The van der Waals surface area contributed by atoms with Gasteiger partial charge in [0.1, 0.15) is 0 Å². The molecule has 3 N–H and O–H groups in total. The van der Waals surface area contributed by atoms with Crippen molar-refractivity contribution >= 4 is 20.0 Å². The van der Waals surface area contributed by atoms with E-state index in [0.717, 1.165) is 18.9 Å². The highest BCUT2D eigenvalue weighted by molar-refractivity contribution is 7.90. The lowest BCUT2D eigenvalue weighted by Crippen LogP contribution is -2.27. The minimum absolute atomic E-state index is 0.0865. The number of benzene rings is 1. The van der Waals surface area contributed by atoms with E-state index in [2.05, 4.69) is 4.72 Å². The summed E-state index contributed by atoms with van der Waals surface area (Å²) in [4.78, 5) is -0.356. The molecule has 1 aromatic carbocycles. The second-order valence-corrected chi connectivity index (χ2v) is 8.17. The van der Waals surface area contributed by atoms with Gasteiger partial charge >= 0.3 is 0 Å². The average Bonchev–Trinajstić information content (AvgIpc) is 2.91. The fourth-order valence-corrected chi connectivity index (χ4v) is 3.86. The number of nitrogens with one attached hydrogen (secondary N) is 1. The van der Waals surface area contributed by atoms with Gasteiger partial charge in [-0.15, -0.1) is 0 Å². The molecular formula is C12H18N2O5S2. The van der Waals surface area contributed by atoms with E-state index in [0.29, 0.717) is 13.0 Å². The second-order valence-electron chi connectivity index (χ2n) is 4.84. The molecule has 21 heavy (non-hydrogen) atoms. The van der Waals surface area contributed by atoms with Crippen LogP contribution >= 0.6 is 0 Å². The fraction of sp³-hybridized carbons (Fsp3) is 0.500. The van der Waals surface area contributed by atoms with E-state index in [-0.39, 0.29) is 22.4 Å². The molecule has 0 aromatic heterocycles. The first kappa shape index (κ1) is 16.4. The third-order valence-electron chi connectivity index (χ3n) is 3.23. The first-order valence-corrected chi connectivity index (χ1v) is 9.56. The van der Waals surface area contributed by atoms with Crippen LogP contribution in [0.2, 0.25) is 0 Å². The highest BCUT2D eigenvalue weighted by atomic mass is 32.2. The molecule has 0 saturated carbocycles. The van der Waals surface area contributed by atoms with Crippen LogP contribution < -0.4 is 9.86 Å². The summed E-state index contributed by atoms with van der Waals surface area (Å²) < 4.78 is 54.5. The van der Waals surface area contributed by atoms with Gasteiger partial charge in [0, 0.05) is 13.2 Å². The van der Waals surface area contributed by atoms with Gasteiger partial charge in [-0.25, -0.2) is 26.7 Å². The quantitative estimate of drug-likeness (QED) is 0.770. The van der Waals surface area contributed by atoms with Gasteiger partial charge in [-0.1, -0.05) is 6.07 Å². The second kappa shape index (κ2) is 6.41. The Labute approximate surface area is 124 Å². The highest BCUT2D eigenvalue weighted by Gasteiger charge is 2.19. The Balaban J connectivity index is 2.05. The lowest BCUT2D eigenvalue weighted by molar-refractivity contribution is 0.105. The summed E-state index contributed by atoms with van der Waals surface area (Å²) in [6.07, 6.45) is 2.60. The molecule has 0 bridgehead atoms. The van der Waals surface area contributed by atoms with Crippen molar-refractivity contribution in [1.82, 2.24) is 4.72 Å². The zero-order chi connectivity index (χ0) is 15.5. The highest BCUT2D eigenvalue weighted by Crippen LogP contribution is 2.16. The molecule has 9 heteroatoms. The lowest BCUT2D eigenvalue weighted by atomic mass is 10.2. The molecule has 0 spiro atoms. The number of ether oxygens (including phenoxy) is 1. The van der Waals surface area contributed by atoms with E-state index in [1.165, 1.54) is 18.2 Å². The summed E-state index contributed by atoms with van der Waals surface area (Å²) in [7, 11) is -7.69. The minimum Gasteiger partial charge on any atom is -0.378 e. The lowest BCUT2D eigenvalue weighted by Gasteiger charge is -2.11. The van der Waals surface area contributed by atoms with E-state index in [1.807, 2.05) is 0 Å². The third kappa shape index (κ3) is 4.48. The van der Waals surface area contributed by atoms with Crippen LogP contribution in [0.4, 0.5) is 0 Å². The average molecular weight is 334 g/mol. The van der Waals surface area contributed by atoms with E-state index >= 15 is 0 Å². The van der Waals surface area contributed by atoms with Crippen molar-refractivity contribution in [2.75, 3.05) is 13.2 Å². The van der Waals surface area contributed by atoms with Crippen molar-refractivity contribution in [2.24, 2.45) is 5.14 Å². The number of hydrogen-bond donors (Lipinski definition) is 2. The Morgan fingerprint density at radius 2 is 1.95 bits per heavy atom. The molecule has 1 saturated heterocycles. The Bertz CT molecular complexity index is 694. The van der Waals surface area contributed by atoms with Crippen LogP contribution in [-0.4, -0.2) is 36.1 Å². The Hall–Kier alpha value is -1.00. The first-order chi connectivity index (χ1) is 9.79. The number of primary sulfonamides is 1. The monoisotopic (exact) mass is 334 g/mol. The van der Waals surface area contributed by atoms with Crippen LogP contribution in [0.5, 0.6) is 0 Å². The third-order valence-corrected chi connectivity index (χ3v) is 5.60. The van der Waals surface area contributed by atoms with Gasteiger partial charge < -0.3 is 4.74 Å². The summed E-state index contributed by atoms with van der Waals surface area (Å²) in [6.45, 7) is 0.959. The van der Waals surface area contributed by atoms with E-state index in [4.69, 9.17) is 9.88 Å². The number of nitrogens with two attached hydrogens (primary N) is 1. The smallest absolute Gasteiger partial charge is 0.240 e. The first-order valence-electron chi connectivity index (χ1n) is 6.53. The predicted octanol–water partition coefficient (Wildman–Crippen LogP) is 0.181. The largest absolute Gasteiger partial charge is 0.378 e. The van der Waals surface area contributed by atoms with Crippen molar-refractivity contribution in [3.63, 3.8) is 0 Å². The molecular weight excluding hydrogens is 316 g/mol. The van der Waals surface area contributed by atoms with Crippen molar-refractivity contribution in [2.45, 2.75) is 35.2 Å². The molecule has 7 nitrogen and oxygen atoms in total. The normalized spacial score (nSPS) is 19.8. The van der Waals surface area contributed by atoms with E-state index < -0.39 is 20.0 Å². The van der Waals surface area contributed by atoms with E-state index in [1.54, 1.807) is 0 Å². The summed E-state index contributed by atoms with van der Waals surface area (Å²) >= 11 is 0. The molecule has 1 aliphatic heterocycles. The Morgan fingerprint density at radius 3 is 2.57 bits per heavy atom. The maximum Gasteiger partial charge on any atom is 0.240 e. The predicted molar refractivity (Wildman–Crippen MR) is 76.6 cm³/mol. The Kier molecular flexibility index (Phi) is 4.99. The molecule has 0 amide bonds. The van der Waals surface area contributed by atoms with Gasteiger partial charge in [0.25, 0.3) is 0 Å². The molecule has 1 aliphatic rings. The SMILES string of the molecule is NS(=O)(=O)c1cccc(S(=O)(=O)NCCC2CCCO2)c1. The van der Waals surface area contributed by atoms with Gasteiger partial charge in [0.2, 0.25) is 20.0 Å². The van der Waals surface area contributed by atoms with Crippen molar-refractivity contribution in [3.8, 4) is 0 Å². The number of rotatable bonds is 6. The number of sulfonamides is 2. The van der Waals surface area contributed by atoms with Gasteiger partial charge in [0.15, 0.2) is 0 Å². The molecule has 1 fully saturated rings. The summed E-state index contributed by atoms with van der Waals surface area (Å²) in [5.74, 6) is 0.